The molecule has 1 rings (SSSR count). The molecule has 0 saturated heterocycles. The van der Waals surface area contributed by atoms with Crippen LogP contribution in [0.5, 0.6) is 5.75 Å². The molecule has 0 aromatic heterocycles. The van der Waals surface area contributed by atoms with Crippen LogP contribution in [-0.4, -0.2) is 30.6 Å². The number of aliphatic carboxylic acids is 1. The van der Waals surface area contributed by atoms with Gasteiger partial charge >= 0.3 is 5.97 Å². The zero-order valence-electron chi connectivity index (χ0n) is 11.7. The molecular weight excluding hydrogens is 265 g/mol. The second kappa shape index (κ2) is 6.36. The van der Waals surface area contributed by atoms with Crippen molar-refractivity contribution in [2.45, 2.75) is 20.3 Å². The molecule has 0 atom stereocenters. The average molecular weight is 283 g/mol. The van der Waals surface area contributed by atoms with Gasteiger partial charge in [0.1, 0.15) is 11.6 Å². The van der Waals surface area contributed by atoms with Gasteiger partial charge in [0.2, 0.25) is 0 Å². The van der Waals surface area contributed by atoms with Crippen LogP contribution in [0.15, 0.2) is 18.2 Å². The molecule has 1 aromatic carbocycles. The first-order valence-corrected chi connectivity index (χ1v) is 6.13. The molecule has 0 radical (unpaired) electrons. The second-order valence-corrected chi connectivity index (χ2v) is 5.04. The first-order chi connectivity index (χ1) is 9.27. The predicted octanol–water partition coefficient (Wildman–Crippen LogP) is 2.06. The van der Waals surface area contributed by atoms with Crippen molar-refractivity contribution in [3.63, 3.8) is 0 Å². The van der Waals surface area contributed by atoms with Gasteiger partial charge < -0.3 is 15.2 Å². The van der Waals surface area contributed by atoms with Crippen LogP contribution in [0.3, 0.4) is 0 Å². The molecule has 0 aliphatic carbocycles. The van der Waals surface area contributed by atoms with Crippen LogP contribution in [0.2, 0.25) is 0 Å². The maximum atomic E-state index is 13.1. The van der Waals surface area contributed by atoms with E-state index < -0.39 is 23.1 Å². The number of carbonyl (C=O) groups is 2. The smallest absolute Gasteiger partial charge is 0.309 e. The molecule has 0 fully saturated rings. The number of methoxy groups -OCH3 is 1. The third-order valence-corrected chi connectivity index (χ3v) is 3.02. The van der Waals surface area contributed by atoms with Gasteiger partial charge in [-0.15, -0.1) is 0 Å². The Labute approximate surface area is 116 Å². The highest BCUT2D eigenvalue weighted by Crippen LogP contribution is 2.21. The summed E-state index contributed by atoms with van der Waals surface area (Å²) >= 11 is 0. The third kappa shape index (κ3) is 3.94. The van der Waals surface area contributed by atoms with Crippen molar-refractivity contribution in [2.24, 2.45) is 5.41 Å². The van der Waals surface area contributed by atoms with E-state index in [0.717, 1.165) is 6.07 Å². The molecule has 0 unspecified atom stereocenters. The van der Waals surface area contributed by atoms with E-state index in [2.05, 4.69) is 5.32 Å². The Morgan fingerprint density at radius 1 is 1.40 bits per heavy atom. The minimum absolute atomic E-state index is 0.0839. The van der Waals surface area contributed by atoms with E-state index in [-0.39, 0.29) is 24.3 Å². The molecule has 110 valence electrons. The van der Waals surface area contributed by atoms with E-state index in [0.29, 0.717) is 0 Å². The fraction of sp³-hybridized carbons (Fsp3) is 0.429. The summed E-state index contributed by atoms with van der Waals surface area (Å²) in [6.45, 7) is 3.33. The number of amides is 1. The van der Waals surface area contributed by atoms with Gasteiger partial charge in [0.15, 0.2) is 0 Å². The van der Waals surface area contributed by atoms with Crippen molar-refractivity contribution in [1.82, 2.24) is 5.32 Å². The molecule has 5 nitrogen and oxygen atoms in total. The number of carboxylic acids is 1. The highest BCUT2D eigenvalue weighted by atomic mass is 19.1. The number of carboxylic acid groups (broad SMARTS) is 1. The normalized spacial score (nSPS) is 11.0. The van der Waals surface area contributed by atoms with E-state index >= 15 is 0 Å². The first kappa shape index (κ1) is 15.9. The number of carbonyl (C=O) groups excluding carboxylic acids is 1. The summed E-state index contributed by atoms with van der Waals surface area (Å²) < 4.78 is 18.1. The lowest BCUT2D eigenvalue weighted by molar-refractivity contribution is -0.147. The summed E-state index contributed by atoms with van der Waals surface area (Å²) in [7, 11) is 1.39. The summed E-state index contributed by atoms with van der Waals surface area (Å²) in [5.74, 6) is -1.71. The quantitative estimate of drug-likeness (QED) is 0.838. The molecule has 0 bridgehead atoms. The van der Waals surface area contributed by atoms with Crippen LogP contribution in [-0.2, 0) is 4.79 Å². The summed E-state index contributed by atoms with van der Waals surface area (Å²) in [5, 5.41) is 11.5. The van der Waals surface area contributed by atoms with Crippen LogP contribution in [0.25, 0.3) is 0 Å². The Balaban J connectivity index is 2.68. The monoisotopic (exact) mass is 283 g/mol. The fourth-order valence-corrected chi connectivity index (χ4v) is 1.55. The fourth-order valence-electron chi connectivity index (χ4n) is 1.55. The number of ether oxygens (including phenoxy) is 1. The van der Waals surface area contributed by atoms with E-state index in [9.17, 15) is 14.0 Å². The predicted molar refractivity (Wildman–Crippen MR) is 71.3 cm³/mol. The Kier molecular flexibility index (Phi) is 5.07. The molecule has 2 N–H and O–H groups in total. The second-order valence-electron chi connectivity index (χ2n) is 5.04. The number of benzene rings is 1. The Morgan fingerprint density at radius 3 is 2.60 bits per heavy atom. The van der Waals surface area contributed by atoms with Gasteiger partial charge in [-0.3, -0.25) is 9.59 Å². The van der Waals surface area contributed by atoms with Crippen molar-refractivity contribution in [3.05, 3.63) is 29.6 Å². The van der Waals surface area contributed by atoms with Crippen molar-refractivity contribution in [1.29, 1.82) is 0 Å². The van der Waals surface area contributed by atoms with Gasteiger partial charge in [0.25, 0.3) is 5.91 Å². The maximum absolute atomic E-state index is 13.1. The molecule has 0 aliphatic heterocycles. The van der Waals surface area contributed by atoms with Crippen LogP contribution in [0.4, 0.5) is 4.39 Å². The zero-order chi connectivity index (χ0) is 15.3. The van der Waals surface area contributed by atoms with E-state index in [1.165, 1.54) is 19.2 Å². The maximum Gasteiger partial charge on any atom is 0.309 e. The van der Waals surface area contributed by atoms with E-state index in [1.54, 1.807) is 13.8 Å². The van der Waals surface area contributed by atoms with Crippen LogP contribution >= 0.6 is 0 Å². The van der Waals surface area contributed by atoms with E-state index in [1.807, 2.05) is 0 Å². The number of nitrogens with one attached hydrogen (secondary N) is 1. The van der Waals surface area contributed by atoms with Crippen LogP contribution < -0.4 is 10.1 Å². The van der Waals surface area contributed by atoms with Gasteiger partial charge in [-0.1, -0.05) is 0 Å². The summed E-state index contributed by atoms with van der Waals surface area (Å²) in [4.78, 5) is 22.9. The first-order valence-electron chi connectivity index (χ1n) is 6.13. The number of hydrogen-bond donors (Lipinski definition) is 2. The van der Waals surface area contributed by atoms with Crippen molar-refractivity contribution in [3.8, 4) is 5.75 Å². The van der Waals surface area contributed by atoms with Crippen LogP contribution in [0, 0.1) is 11.2 Å². The summed E-state index contributed by atoms with van der Waals surface area (Å²) in [6, 6.07) is 3.64. The zero-order valence-corrected chi connectivity index (χ0v) is 11.7. The van der Waals surface area contributed by atoms with E-state index in [4.69, 9.17) is 9.84 Å². The summed E-state index contributed by atoms with van der Waals surface area (Å²) in [5.41, 5.74) is -0.847. The molecular formula is C14H18FNO4. The molecule has 1 amide bonds. The van der Waals surface area contributed by atoms with Gasteiger partial charge in [-0.25, -0.2) is 4.39 Å². The standard InChI is InChI=1S/C14H18FNO4/c1-14(2,13(18)19)6-7-16-12(17)10-8-9(15)4-5-11(10)20-3/h4-5,8H,6-7H2,1-3H3,(H,16,17)(H,18,19). The molecule has 1 aromatic rings. The lowest BCUT2D eigenvalue weighted by Gasteiger charge is -2.19. The van der Waals surface area contributed by atoms with Crippen molar-refractivity contribution >= 4 is 11.9 Å². The van der Waals surface area contributed by atoms with Gasteiger partial charge in [-0.05, 0) is 38.5 Å². The molecule has 20 heavy (non-hydrogen) atoms. The largest absolute Gasteiger partial charge is 0.496 e. The highest BCUT2D eigenvalue weighted by molar-refractivity contribution is 5.96. The minimum Gasteiger partial charge on any atom is -0.496 e. The number of halogens is 1. The summed E-state index contributed by atoms with van der Waals surface area (Å²) in [6.07, 6.45) is 0.270. The molecule has 0 heterocycles. The number of hydrogen-bond acceptors (Lipinski definition) is 3. The molecule has 0 spiro atoms. The van der Waals surface area contributed by atoms with Gasteiger partial charge in [0, 0.05) is 6.54 Å². The average Bonchev–Trinajstić information content (AvgIpc) is 2.38. The molecule has 6 heteroatoms. The van der Waals surface area contributed by atoms with Crippen LogP contribution in [0.1, 0.15) is 30.6 Å². The number of rotatable bonds is 6. The van der Waals surface area contributed by atoms with Crippen molar-refractivity contribution in [2.75, 3.05) is 13.7 Å². The van der Waals surface area contributed by atoms with Gasteiger partial charge in [-0.2, -0.15) is 0 Å². The highest BCUT2D eigenvalue weighted by Gasteiger charge is 2.26. The van der Waals surface area contributed by atoms with Crippen molar-refractivity contribution < 1.29 is 23.8 Å². The lowest BCUT2D eigenvalue weighted by atomic mass is 9.90. The molecule has 0 aliphatic rings. The Hall–Kier alpha value is -2.11. The Morgan fingerprint density at radius 2 is 2.05 bits per heavy atom. The molecule has 0 saturated carbocycles. The minimum atomic E-state index is -0.935. The SMILES string of the molecule is COc1ccc(F)cc1C(=O)NCCC(C)(C)C(=O)O. The lowest BCUT2D eigenvalue weighted by Crippen LogP contribution is -2.32. The topological polar surface area (TPSA) is 75.6 Å². The third-order valence-electron chi connectivity index (χ3n) is 3.02. The van der Waals surface area contributed by atoms with Gasteiger partial charge in [0.05, 0.1) is 18.1 Å². The Bertz CT molecular complexity index is 514.